The van der Waals surface area contributed by atoms with Crippen LogP contribution in [0.15, 0.2) is 53.1 Å². The van der Waals surface area contributed by atoms with Crippen molar-refractivity contribution in [2.45, 2.75) is 39.7 Å². The number of hydrogen-bond donors (Lipinski definition) is 2. The molecular weight excluding hydrogens is 340 g/mol. The lowest BCUT2D eigenvalue weighted by Crippen LogP contribution is -2.24. The minimum absolute atomic E-state index is 0.100. The number of hydrogen-bond acceptors (Lipinski definition) is 5. The summed E-state index contributed by atoms with van der Waals surface area (Å²) in [4.78, 5) is 21.0. The maximum absolute atomic E-state index is 12.4. The van der Waals surface area contributed by atoms with E-state index >= 15 is 0 Å². The summed E-state index contributed by atoms with van der Waals surface area (Å²) >= 11 is 0. The van der Waals surface area contributed by atoms with Gasteiger partial charge >= 0.3 is 0 Å². The number of anilines is 2. The highest BCUT2D eigenvalue weighted by Gasteiger charge is 2.14. The highest BCUT2D eigenvalue weighted by atomic mass is 16.3. The van der Waals surface area contributed by atoms with Gasteiger partial charge in [-0.25, -0.2) is 9.97 Å². The summed E-state index contributed by atoms with van der Waals surface area (Å²) in [5.74, 6) is 1.51. The maximum Gasteiger partial charge on any atom is 0.270 e. The molecule has 0 bridgehead atoms. The Bertz CT molecular complexity index is 910. The maximum atomic E-state index is 12.4. The van der Waals surface area contributed by atoms with Gasteiger partial charge in [-0.15, -0.1) is 0 Å². The highest BCUT2D eigenvalue weighted by molar-refractivity contribution is 5.93. The number of amides is 1. The van der Waals surface area contributed by atoms with Crippen molar-refractivity contribution in [2.75, 3.05) is 5.32 Å². The predicted molar refractivity (Wildman–Crippen MR) is 105 cm³/mol. The quantitative estimate of drug-likeness (QED) is 0.703. The molecule has 6 heteroatoms. The van der Waals surface area contributed by atoms with Gasteiger partial charge in [0.05, 0.1) is 12.8 Å². The second kappa shape index (κ2) is 7.61. The fourth-order valence-corrected chi connectivity index (χ4v) is 2.62. The second-order valence-corrected chi connectivity index (χ2v) is 7.40. The van der Waals surface area contributed by atoms with E-state index in [1.54, 1.807) is 31.4 Å². The van der Waals surface area contributed by atoms with E-state index in [0.717, 1.165) is 5.69 Å². The lowest BCUT2D eigenvalue weighted by Gasteiger charge is -2.19. The molecule has 0 aliphatic rings. The van der Waals surface area contributed by atoms with E-state index in [9.17, 15) is 4.79 Å². The predicted octanol–water partition coefficient (Wildman–Crippen LogP) is 4.35. The first-order valence-corrected chi connectivity index (χ1v) is 8.85. The van der Waals surface area contributed by atoms with Crippen LogP contribution in [0.4, 0.5) is 11.5 Å². The van der Waals surface area contributed by atoms with Gasteiger partial charge in [0.15, 0.2) is 0 Å². The number of carbonyl (C=O) groups excluding carboxylic acids is 1. The van der Waals surface area contributed by atoms with Gasteiger partial charge in [-0.2, -0.15) is 0 Å². The molecule has 1 aromatic carbocycles. The Kier molecular flexibility index (Phi) is 5.26. The summed E-state index contributed by atoms with van der Waals surface area (Å²) in [6, 6.07) is 13.4. The number of rotatable bonds is 5. The number of benzene rings is 1. The average Bonchev–Trinajstić information content (AvgIpc) is 3.12. The third kappa shape index (κ3) is 4.94. The molecule has 0 radical (unpaired) electrons. The molecule has 2 aromatic heterocycles. The van der Waals surface area contributed by atoms with Crippen LogP contribution in [0.25, 0.3) is 0 Å². The van der Waals surface area contributed by atoms with E-state index in [2.05, 4.69) is 53.5 Å². The normalized spacial score (nSPS) is 11.3. The first kappa shape index (κ1) is 18.6. The zero-order valence-electron chi connectivity index (χ0n) is 16.0. The van der Waals surface area contributed by atoms with Crippen molar-refractivity contribution in [1.29, 1.82) is 0 Å². The second-order valence-electron chi connectivity index (χ2n) is 7.40. The number of nitrogens with zero attached hydrogens (tertiary/aromatic N) is 2. The molecule has 0 unspecified atom stereocenters. The molecule has 0 saturated heterocycles. The fourth-order valence-electron chi connectivity index (χ4n) is 2.62. The SMILES string of the molecule is Cc1nc(Nc2ccc(C(C)(C)C)cc2)cc(C(=O)NCc2ccco2)n1. The smallest absolute Gasteiger partial charge is 0.270 e. The van der Waals surface area contributed by atoms with Crippen molar-refractivity contribution < 1.29 is 9.21 Å². The molecule has 0 atom stereocenters. The van der Waals surface area contributed by atoms with Crippen LogP contribution < -0.4 is 10.6 Å². The standard InChI is InChI=1S/C21H24N4O2/c1-14-23-18(20(26)22-13-17-6-5-11-27-17)12-19(24-14)25-16-9-7-15(8-10-16)21(2,3)4/h5-12H,13H2,1-4H3,(H,22,26)(H,23,24,25). The van der Waals surface area contributed by atoms with Crippen molar-refractivity contribution in [1.82, 2.24) is 15.3 Å². The van der Waals surface area contributed by atoms with Crippen molar-refractivity contribution >= 4 is 17.4 Å². The topological polar surface area (TPSA) is 80.0 Å². The Morgan fingerprint density at radius 1 is 1.11 bits per heavy atom. The van der Waals surface area contributed by atoms with Crippen molar-refractivity contribution in [3.8, 4) is 0 Å². The van der Waals surface area contributed by atoms with E-state index in [0.29, 0.717) is 29.6 Å². The first-order chi connectivity index (χ1) is 12.8. The Morgan fingerprint density at radius 2 is 1.85 bits per heavy atom. The molecule has 3 aromatic rings. The van der Waals surface area contributed by atoms with Crippen LogP contribution in [-0.4, -0.2) is 15.9 Å². The monoisotopic (exact) mass is 364 g/mol. The fraction of sp³-hybridized carbons (Fsp3) is 0.286. The molecule has 3 rings (SSSR count). The summed E-state index contributed by atoms with van der Waals surface area (Å²) in [6.07, 6.45) is 1.57. The Hall–Kier alpha value is -3.15. The van der Waals surface area contributed by atoms with Crippen LogP contribution >= 0.6 is 0 Å². The molecule has 0 aliphatic heterocycles. The number of furan rings is 1. The summed E-state index contributed by atoms with van der Waals surface area (Å²) in [6.45, 7) is 8.60. The van der Waals surface area contributed by atoms with Gasteiger partial charge in [0, 0.05) is 11.8 Å². The molecule has 2 N–H and O–H groups in total. The summed E-state index contributed by atoms with van der Waals surface area (Å²) in [5, 5.41) is 6.03. The molecule has 6 nitrogen and oxygen atoms in total. The van der Waals surface area contributed by atoms with Gasteiger partial charge in [-0.05, 0) is 42.2 Å². The minimum atomic E-state index is -0.275. The molecule has 0 spiro atoms. The molecule has 1 amide bonds. The molecular formula is C21H24N4O2. The summed E-state index contributed by atoms with van der Waals surface area (Å²) in [5.41, 5.74) is 2.57. The molecule has 0 aliphatic carbocycles. The highest BCUT2D eigenvalue weighted by Crippen LogP contribution is 2.24. The van der Waals surface area contributed by atoms with Gasteiger partial charge in [0.1, 0.15) is 23.1 Å². The molecule has 2 heterocycles. The van der Waals surface area contributed by atoms with E-state index in [1.165, 1.54) is 5.56 Å². The van der Waals surface area contributed by atoms with Crippen LogP contribution in [0.1, 0.15) is 48.4 Å². The van der Waals surface area contributed by atoms with Crippen molar-refractivity contribution in [3.05, 3.63) is 71.6 Å². The Balaban J connectivity index is 1.72. The van der Waals surface area contributed by atoms with E-state index in [4.69, 9.17) is 4.42 Å². The first-order valence-electron chi connectivity index (χ1n) is 8.85. The molecule has 140 valence electrons. The third-order valence-corrected chi connectivity index (χ3v) is 4.10. The van der Waals surface area contributed by atoms with E-state index < -0.39 is 0 Å². The zero-order chi connectivity index (χ0) is 19.4. The Labute approximate surface area is 159 Å². The van der Waals surface area contributed by atoms with Crippen LogP contribution in [0.3, 0.4) is 0 Å². The van der Waals surface area contributed by atoms with Gasteiger partial charge in [-0.1, -0.05) is 32.9 Å². The minimum Gasteiger partial charge on any atom is -0.467 e. The van der Waals surface area contributed by atoms with Crippen LogP contribution in [0, 0.1) is 6.92 Å². The summed E-state index contributed by atoms with van der Waals surface area (Å²) in [7, 11) is 0. The zero-order valence-corrected chi connectivity index (χ0v) is 16.0. The van der Waals surface area contributed by atoms with Gasteiger partial charge < -0.3 is 15.1 Å². The van der Waals surface area contributed by atoms with Gasteiger partial charge in [0.2, 0.25) is 0 Å². The van der Waals surface area contributed by atoms with Crippen molar-refractivity contribution in [3.63, 3.8) is 0 Å². The number of carbonyl (C=O) groups is 1. The molecule has 0 fully saturated rings. The summed E-state index contributed by atoms with van der Waals surface area (Å²) < 4.78 is 5.22. The van der Waals surface area contributed by atoms with E-state index in [-0.39, 0.29) is 11.3 Å². The van der Waals surface area contributed by atoms with Crippen molar-refractivity contribution in [2.24, 2.45) is 0 Å². The molecule has 0 saturated carbocycles. The number of aromatic nitrogens is 2. The molecule has 27 heavy (non-hydrogen) atoms. The average molecular weight is 364 g/mol. The number of nitrogens with one attached hydrogen (secondary N) is 2. The largest absolute Gasteiger partial charge is 0.467 e. The lowest BCUT2D eigenvalue weighted by atomic mass is 9.87. The Morgan fingerprint density at radius 3 is 2.48 bits per heavy atom. The van der Waals surface area contributed by atoms with Crippen LogP contribution in [-0.2, 0) is 12.0 Å². The lowest BCUT2D eigenvalue weighted by molar-refractivity contribution is 0.0942. The van der Waals surface area contributed by atoms with Crippen LogP contribution in [0.5, 0.6) is 0 Å². The number of aryl methyl sites for hydroxylation is 1. The van der Waals surface area contributed by atoms with Gasteiger partial charge in [-0.3, -0.25) is 4.79 Å². The van der Waals surface area contributed by atoms with Crippen LogP contribution in [0.2, 0.25) is 0 Å². The van der Waals surface area contributed by atoms with Gasteiger partial charge in [0.25, 0.3) is 5.91 Å². The van der Waals surface area contributed by atoms with E-state index in [1.807, 2.05) is 12.1 Å². The third-order valence-electron chi connectivity index (χ3n) is 4.10.